The summed E-state index contributed by atoms with van der Waals surface area (Å²) < 4.78 is 0.988. The second kappa shape index (κ2) is 19.4. The SMILES string of the molecule is CC(C)(C)c1cc(-c2c3nc(c(-c4cc(C(C)(C)C)cc(C(C)(C)C)c4)c4[n-]c(cc4O)c(-c4cc(C(C)(C)C)cc(C(C)(C)C)c4)c4nc(c(-c5ccc(Br)cc5)c5ccc2[n-]5)C=C4)C=C3)cc(C(C)(C)C)c1.[Cu+2]. The maximum absolute atomic E-state index is 12.7. The summed E-state index contributed by atoms with van der Waals surface area (Å²) in [7, 11) is 0. The third-order valence-corrected chi connectivity index (χ3v) is 15.2. The molecule has 0 saturated heterocycles. The molecule has 0 unspecified atom stereocenters. The molecule has 0 spiro atoms. The van der Waals surface area contributed by atoms with Crippen LogP contribution in [0.1, 0.15) is 181 Å². The molecule has 2 aliphatic heterocycles. The molecule has 1 N–H and O–H groups in total. The van der Waals surface area contributed by atoms with Gasteiger partial charge in [-0.1, -0.05) is 225 Å². The zero-order chi connectivity index (χ0) is 53.8. The summed E-state index contributed by atoms with van der Waals surface area (Å²) in [5.41, 5.74) is 19.6. The Hall–Kier alpha value is -5.72. The molecule has 1 radical (unpaired) electrons. The van der Waals surface area contributed by atoms with E-state index in [4.69, 9.17) is 19.9 Å². The van der Waals surface area contributed by atoms with E-state index >= 15 is 0 Å². The Labute approximate surface area is 466 Å². The molecule has 9 rings (SSSR count). The molecule has 4 aromatic carbocycles. The van der Waals surface area contributed by atoms with Crippen molar-refractivity contribution in [2.75, 3.05) is 0 Å². The molecule has 8 bridgehead atoms. The fourth-order valence-corrected chi connectivity index (χ4v) is 10.1. The van der Waals surface area contributed by atoms with Gasteiger partial charge in [0, 0.05) is 4.47 Å². The van der Waals surface area contributed by atoms with Crippen LogP contribution in [0.4, 0.5) is 0 Å². The van der Waals surface area contributed by atoms with Gasteiger partial charge in [0.05, 0.1) is 28.5 Å². The van der Waals surface area contributed by atoms with E-state index in [2.05, 4.69) is 256 Å². The van der Waals surface area contributed by atoms with Gasteiger partial charge in [-0.15, -0.1) is 16.6 Å². The molecule has 0 fully saturated rings. The van der Waals surface area contributed by atoms with Gasteiger partial charge in [0.1, 0.15) is 0 Å². The molecule has 75 heavy (non-hydrogen) atoms. The first kappa shape index (κ1) is 55.5. The van der Waals surface area contributed by atoms with Crippen LogP contribution in [-0.2, 0) is 49.6 Å². The average molecular weight is 1110 g/mol. The van der Waals surface area contributed by atoms with Crippen LogP contribution in [-0.4, -0.2) is 15.1 Å². The van der Waals surface area contributed by atoms with Crippen molar-refractivity contribution in [2.24, 2.45) is 0 Å². The molecule has 5 nitrogen and oxygen atoms in total. The van der Waals surface area contributed by atoms with Gasteiger partial charge >= 0.3 is 17.1 Å². The predicted octanol–water partition coefficient (Wildman–Crippen LogP) is 18.8. The Kier molecular flexibility index (Phi) is 14.3. The molecule has 7 aromatic rings. The van der Waals surface area contributed by atoms with Crippen molar-refractivity contribution < 1.29 is 22.2 Å². The second-order valence-corrected chi connectivity index (χ2v) is 27.8. The summed E-state index contributed by atoms with van der Waals surface area (Å²) in [6.45, 7) is 40.8. The van der Waals surface area contributed by atoms with Crippen LogP contribution in [0.2, 0.25) is 0 Å². The minimum absolute atomic E-state index is 0. The van der Waals surface area contributed by atoms with E-state index in [1.807, 2.05) is 6.07 Å². The quantitative estimate of drug-likeness (QED) is 0.178. The molecular weight excluding hydrogens is 1030 g/mol. The Morgan fingerprint density at radius 2 is 0.640 bits per heavy atom. The van der Waals surface area contributed by atoms with E-state index in [0.29, 0.717) is 16.7 Å². The molecule has 0 atom stereocenters. The van der Waals surface area contributed by atoms with Gasteiger partial charge in [0.2, 0.25) is 0 Å². The summed E-state index contributed by atoms with van der Waals surface area (Å²) >= 11 is 3.70. The second-order valence-electron chi connectivity index (χ2n) is 26.9. The first-order valence-corrected chi connectivity index (χ1v) is 27.1. The number of aromatic nitrogens is 4. The van der Waals surface area contributed by atoms with Crippen molar-refractivity contribution in [3.8, 4) is 50.3 Å². The van der Waals surface area contributed by atoms with Crippen LogP contribution in [0, 0.1) is 0 Å². The van der Waals surface area contributed by atoms with Crippen LogP contribution in [0.5, 0.6) is 5.75 Å². The van der Waals surface area contributed by atoms with Crippen molar-refractivity contribution in [2.45, 2.75) is 157 Å². The zero-order valence-corrected chi connectivity index (χ0v) is 50.0. The Morgan fingerprint density at radius 1 is 0.347 bits per heavy atom. The van der Waals surface area contributed by atoms with E-state index in [1.165, 1.54) is 33.4 Å². The number of hydrogen-bond donors (Lipinski definition) is 1. The van der Waals surface area contributed by atoms with Crippen LogP contribution in [0.3, 0.4) is 0 Å². The summed E-state index contributed by atoms with van der Waals surface area (Å²) in [6.07, 6.45) is 8.46. The first-order valence-electron chi connectivity index (χ1n) is 26.3. The Balaban J connectivity index is 0.00000747. The van der Waals surface area contributed by atoms with Crippen molar-refractivity contribution in [1.29, 1.82) is 0 Å². The Bertz CT molecular complexity index is 3520. The number of benzene rings is 4. The minimum atomic E-state index is -0.172. The fraction of sp³-hybridized carbons (Fsp3) is 0.353. The Morgan fingerprint density at radius 3 is 0.973 bits per heavy atom. The third-order valence-electron chi connectivity index (χ3n) is 14.7. The largest absolute Gasteiger partial charge is 2.00 e. The maximum atomic E-state index is 12.7. The fourth-order valence-electron chi connectivity index (χ4n) is 9.86. The number of aromatic hydroxyl groups is 1. The van der Waals surface area contributed by atoms with Gasteiger partial charge in [-0.2, -0.15) is 0 Å². The molecule has 3 aromatic heterocycles. The third kappa shape index (κ3) is 11.3. The van der Waals surface area contributed by atoms with Crippen LogP contribution in [0.25, 0.3) is 90.9 Å². The number of rotatable bonds is 4. The van der Waals surface area contributed by atoms with Crippen molar-refractivity contribution in [3.63, 3.8) is 0 Å². The molecule has 0 saturated carbocycles. The molecule has 391 valence electrons. The summed E-state index contributed by atoms with van der Waals surface area (Å²) in [4.78, 5) is 22.5. The van der Waals surface area contributed by atoms with Crippen LogP contribution >= 0.6 is 15.9 Å². The minimum Gasteiger partial charge on any atom is -0.657 e. The van der Waals surface area contributed by atoms with E-state index < -0.39 is 0 Å². The summed E-state index contributed by atoms with van der Waals surface area (Å²) in [6, 6.07) is 35.4. The molecule has 0 aliphatic carbocycles. The molecule has 7 heteroatoms. The summed E-state index contributed by atoms with van der Waals surface area (Å²) in [5.74, 6) is 0.0792. The van der Waals surface area contributed by atoms with E-state index in [-0.39, 0.29) is 55.3 Å². The number of nitrogens with zero attached hydrogens (tertiary/aromatic N) is 4. The maximum Gasteiger partial charge on any atom is 2.00 e. The number of hydrogen-bond acceptors (Lipinski definition) is 3. The molecule has 0 amide bonds. The van der Waals surface area contributed by atoms with Gasteiger partial charge < -0.3 is 15.1 Å². The van der Waals surface area contributed by atoms with Crippen molar-refractivity contribution in [3.05, 3.63) is 158 Å². The molecule has 2 aliphatic rings. The van der Waals surface area contributed by atoms with Gasteiger partial charge in [-0.25, -0.2) is 9.97 Å². The van der Waals surface area contributed by atoms with Gasteiger partial charge in [0.15, 0.2) is 0 Å². The zero-order valence-electron chi connectivity index (χ0n) is 47.5. The van der Waals surface area contributed by atoms with E-state index in [9.17, 15) is 5.11 Å². The molecular formula is C68H75BrCuN4O. The first-order chi connectivity index (χ1) is 34.2. The van der Waals surface area contributed by atoms with Gasteiger partial charge in [0.25, 0.3) is 0 Å². The van der Waals surface area contributed by atoms with E-state index in [1.54, 1.807) is 0 Å². The monoisotopic (exact) mass is 1110 g/mol. The topological polar surface area (TPSA) is 74.2 Å². The van der Waals surface area contributed by atoms with Crippen molar-refractivity contribution >= 4 is 62.3 Å². The normalized spacial score (nSPS) is 13.4. The summed E-state index contributed by atoms with van der Waals surface area (Å²) in [5, 5.41) is 12.7. The average Bonchev–Trinajstić information content (AvgIpc) is 4.13. The number of fused-ring (bicyclic) bond motifs is 8. The number of halogens is 1. The van der Waals surface area contributed by atoms with Gasteiger partial charge in [-0.3, -0.25) is 0 Å². The van der Waals surface area contributed by atoms with Crippen LogP contribution < -0.4 is 9.97 Å². The van der Waals surface area contributed by atoms with E-state index in [0.717, 1.165) is 77.1 Å². The van der Waals surface area contributed by atoms with Gasteiger partial charge in [-0.05, 0) is 153 Å². The smallest absolute Gasteiger partial charge is 0.657 e. The van der Waals surface area contributed by atoms with Crippen LogP contribution in [0.15, 0.2) is 102 Å². The molecule has 5 heterocycles. The predicted molar refractivity (Wildman–Crippen MR) is 320 cm³/mol. The standard InChI is InChI=1S/C68H75BrN4O.Cu/c1-63(2,3)43-29-40(30-44(35-43)64(4,5)6)59-52-25-23-50(70-52)58(39-19-21-49(69)22-20-39)51-24-26-54(71-51)60(41-31-45(65(7,8)9)36-46(32-41)66(10,11)12)56-38-57(74)62(73-56)61(55-28-27-53(59)72-55)42-33-47(67(13,14)15)37-48(34-42)68(16,17)18;/h19-38H,1-18H3,(H-2,70,71,72,73,74);/q-2;+2. The van der Waals surface area contributed by atoms with Crippen molar-refractivity contribution in [1.82, 2.24) is 19.9 Å².